The van der Waals surface area contributed by atoms with Gasteiger partial charge in [0.1, 0.15) is 5.54 Å². The minimum atomic E-state index is -1.45. The maximum atomic E-state index is 13.7. The van der Waals surface area contributed by atoms with Gasteiger partial charge in [-0.2, -0.15) is 0 Å². The summed E-state index contributed by atoms with van der Waals surface area (Å²) in [4.78, 5) is 53.4. The molecular formula is C23H21ClN4O4. The fraction of sp³-hybridized carbons (Fsp3) is 0.304. The highest BCUT2D eigenvalue weighted by atomic mass is 35.5. The molecule has 2 aromatic carbocycles. The zero-order valence-corrected chi connectivity index (χ0v) is 18.0. The van der Waals surface area contributed by atoms with E-state index in [4.69, 9.17) is 17.3 Å². The number of hydrogen-bond acceptors (Lipinski definition) is 5. The summed E-state index contributed by atoms with van der Waals surface area (Å²) in [6.07, 6.45) is -0.170. The first-order chi connectivity index (χ1) is 15.3. The molecule has 3 heterocycles. The van der Waals surface area contributed by atoms with E-state index in [0.29, 0.717) is 21.8 Å². The second-order valence-corrected chi connectivity index (χ2v) is 8.95. The second-order valence-electron chi connectivity index (χ2n) is 8.54. The van der Waals surface area contributed by atoms with Gasteiger partial charge in [-0.1, -0.05) is 48.0 Å². The number of para-hydroxylation sites is 1. The first-order valence-electron chi connectivity index (χ1n) is 10.3. The zero-order valence-electron chi connectivity index (χ0n) is 17.2. The molecule has 3 aliphatic heterocycles. The number of carbonyl (C=O) groups is 4. The van der Waals surface area contributed by atoms with Crippen molar-refractivity contribution in [3.8, 4) is 0 Å². The molecular weight excluding hydrogens is 432 g/mol. The summed E-state index contributed by atoms with van der Waals surface area (Å²) < 4.78 is 0. The van der Waals surface area contributed by atoms with Gasteiger partial charge in [-0.3, -0.25) is 29.4 Å². The predicted molar refractivity (Wildman–Crippen MR) is 116 cm³/mol. The van der Waals surface area contributed by atoms with Crippen LogP contribution in [0.15, 0.2) is 42.5 Å². The van der Waals surface area contributed by atoms with Crippen LogP contribution in [0.3, 0.4) is 0 Å². The van der Waals surface area contributed by atoms with Crippen LogP contribution in [0.1, 0.15) is 23.1 Å². The van der Waals surface area contributed by atoms with Gasteiger partial charge in [0.05, 0.1) is 18.4 Å². The minimum absolute atomic E-state index is 0.00793. The first kappa shape index (κ1) is 20.7. The van der Waals surface area contributed by atoms with E-state index in [0.717, 1.165) is 10.5 Å². The van der Waals surface area contributed by atoms with Crippen molar-refractivity contribution in [2.45, 2.75) is 31.5 Å². The van der Waals surface area contributed by atoms with Crippen LogP contribution in [0.2, 0.25) is 5.02 Å². The molecule has 4 atom stereocenters. The van der Waals surface area contributed by atoms with Crippen LogP contribution in [0.5, 0.6) is 0 Å². The zero-order chi connectivity index (χ0) is 22.8. The Morgan fingerprint density at radius 1 is 1.12 bits per heavy atom. The quantitative estimate of drug-likeness (QED) is 0.606. The lowest BCUT2D eigenvalue weighted by molar-refractivity contribution is -0.143. The molecule has 164 valence electrons. The number of anilines is 1. The third-order valence-electron chi connectivity index (χ3n) is 6.76. The molecule has 0 aromatic heterocycles. The van der Waals surface area contributed by atoms with E-state index in [2.05, 4.69) is 10.6 Å². The van der Waals surface area contributed by atoms with Crippen LogP contribution in [-0.2, 0) is 31.3 Å². The molecule has 2 saturated heterocycles. The highest BCUT2D eigenvalue weighted by Gasteiger charge is 2.70. The van der Waals surface area contributed by atoms with Crippen molar-refractivity contribution < 1.29 is 19.2 Å². The third-order valence-corrected chi connectivity index (χ3v) is 7.13. The average molecular weight is 453 g/mol. The van der Waals surface area contributed by atoms with Crippen LogP contribution < -0.4 is 16.4 Å². The van der Waals surface area contributed by atoms with E-state index < -0.39 is 47.0 Å². The Labute approximate surface area is 189 Å². The maximum absolute atomic E-state index is 13.7. The Bertz CT molecular complexity index is 1200. The minimum Gasteiger partial charge on any atom is -0.370 e. The largest absolute Gasteiger partial charge is 0.370 e. The van der Waals surface area contributed by atoms with Crippen molar-refractivity contribution >= 4 is 40.9 Å². The number of aryl methyl sites for hydroxylation is 1. The summed E-state index contributed by atoms with van der Waals surface area (Å²) in [7, 11) is 0. The summed E-state index contributed by atoms with van der Waals surface area (Å²) in [5, 5.41) is 6.49. The molecule has 32 heavy (non-hydrogen) atoms. The number of fused-ring (bicyclic) bond motifs is 4. The maximum Gasteiger partial charge on any atom is 0.250 e. The Hall–Kier alpha value is -3.23. The SMILES string of the molecule is Cc1cccc2c1NC(=O)C21NC(CC(N)=O)[C@H]2C(=O)N(Cc3ccccc3Cl)C(=O)[C@H]21. The van der Waals surface area contributed by atoms with Gasteiger partial charge >= 0.3 is 0 Å². The number of primary amides is 1. The molecule has 4 amide bonds. The predicted octanol–water partition coefficient (Wildman–Crippen LogP) is 1.44. The average Bonchev–Trinajstić information content (AvgIpc) is 3.31. The number of imide groups is 1. The van der Waals surface area contributed by atoms with Gasteiger partial charge in [-0.25, -0.2) is 0 Å². The molecule has 9 heteroatoms. The summed E-state index contributed by atoms with van der Waals surface area (Å²) in [6.45, 7) is 1.85. The molecule has 2 unspecified atom stereocenters. The van der Waals surface area contributed by atoms with Crippen molar-refractivity contribution in [1.29, 1.82) is 0 Å². The number of carbonyl (C=O) groups excluding carboxylic acids is 4. The van der Waals surface area contributed by atoms with Gasteiger partial charge in [0, 0.05) is 28.7 Å². The first-order valence-corrected chi connectivity index (χ1v) is 10.7. The summed E-state index contributed by atoms with van der Waals surface area (Å²) in [6, 6.07) is 11.6. The van der Waals surface area contributed by atoms with Crippen molar-refractivity contribution in [2.75, 3.05) is 5.32 Å². The molecule has 2 fully saturated rings. The van der Waals surface area contributed by atoms with E-state index in [1.165, 1.54) is 0 Å². The normalized spacial score (nSPS) is 28.2. The lowest BCUT2D eigenvalue weighted by Crippen LogP contribution is -2.53. The van der Waals surface area contributed by atoms with Gasteiger partial charge in [-0.05, 0) is 24.1 Å². The molecule has 2 aromatic rings. The van der Waals surface area contributed by atoms with Gasteiger partial charge in [0.15, 0.2) is 0 Å². The van der Waals surface area contributed by atoms with Crippen LogP contribution in [0.25, 0.3) is 0 Å². The molecule has 1 spiro atoms. The van der Waals surface area contributed by atoms with E-state index in [1.807, 2.05) is 13.0 Å². The molecule has 0 bridgehead atoms. The fourth-order valence-corrected chi connectivity index (χ4v) is 5.58. The number of amides is 4. The smallest absolute Gasteiger partial charge is 0.250 e. The van der Waals surface area contributed by atoms with E-state index in [1.54, 1.807) is 36.4 Å². The van der Waals surface area contributed by atoms with Crippen molar-refractivity contribution in [3.05, 3.63) is 64.2 Å². The summed E-state index contributed by atoms with van der Waals surface area (Å²) in [5.74, 6) is -3.83. The molecule has 3 aliphatic rings. The van der Waals surface area contributed by atoms with Crippen LogP contribution in [0, 0.1) is 18.8 Å². The third kappa shape index (κ3) is 2.73. The van der Waals surface area contributed by atoms with Crippen molar-refractivity contribution in [3.63, 3.8) is 0 Å². The molecule has 4 N–H and O–H groups in total. The highest BCUT2D eigenvalue weighted by Crippen LogP contribution is 2.54. The van der Waals surface area contributed by atoms with Crippen LogP contribution in [-0.4, -0.2) is 34.6 Å². The molecule has 0 aliphatic carbocycles. The highest BCUT2D eigenvalue weighted by molar-refractivity contribution is 6.31. The monoisotopic (exact) mass is 452 g/mol. The van der Waals surface area contributed by atoms with E-state index in [9.17, 15) is 19.2 Å². The molecule has 0 radical (unpaired) electrons. The topological polar surface area (TPSA) is 122 Å². The molecule has 0 saturated carbocycles. The lowest BCUT2D eigenvalue weighted by Gasteiger charge is -2.29. The number of halogens is 1. The Morgan fingerprint density at radius 3 is 2.59 bits per heavy atom. The van der Waals surface area contributed by atoms with Crippen LogP contribution >= 0.6 is 11.6 Å². The Balaban J connectivity index is 1.62. The Kier molecular flexibility index (Phi) is 4.61. The second kappa shape index (κ2) is 7.15. The number of nitrogens with two attached hydrogens (primary N) is 1. The van der Waals surface area contributed by atoms with Crippen LogP contribution in [0.4, 0.5) is 5.69 Å². The number of nitrogens with one attached hydrogen (secondary N) is 2. The van der Waals surface area contributed by atoms with Gasteiger partial charge in [0.2, 0.25) is 23.6 Å². The Morgan fingerprint density at radius 2 is 1.88 bits per heavy atom. The van der Waals surface area contributed by atoms with Gasteiger partial charge < -0.3 is 11.1 Å². The number of likely N-dealkylation sites (tertiary alicyclic amines) is 1. The van der Waals surface area contributed by atoms with Crippen molar-refractivity contribution in [2.24, 2.45) is 17.6 Å². The summed E-state index contributed by atoms with van der Waals surface area (Å²) in [5.41, 5.74) is 6.68. The van der Waals surface area contributed by atoms with Gasteiger partial charge in [-0.15, -0.1) is 0 Å². The number of rotatable bonds is 4. The molecule has 8 nitrogen and oxygen atoms in total. The standard InChI is InChI=1S/C23H21ClN4O4/c1-11-5-4-7-13-19(11)26-22(32)23(13)18-17(15(27-23)9-16(25)29)20(30)28(21(18)31)10-12-6-2-3-8-14(12)24/h2-8,15,17-18,27H,9-10H2,1H3,(H2,25,29)(H,26,32)/t15?,17-,18+,23?/m1/s1. The van der Waals surface area contributed by atoms with Gasteiger partial charge in [0.25, 0.3) is 0 Å². The number of benzene rings is 2. The molecule has 5 rings (SSSR count). The van der Waals surface area contributed by atoms with E-state index >= 15 is 0 Å². The number of nitrogens with zero attached hydrogens (tertiary/aromatic N) is 1. The van der Waals surface area contributed by atoms with Crippen molar-refractivity contribution in [1.82, 2.24) is 10.2 Å². The fourth-order valence-electron chi connectivity index (χ4n) is 5.38. The number of hydrogen-bond donors (Lipinski definition) is 3. The van der Waals surface area contributed by atoms with E-state index in [-0.39, 0.29) is 13.0 Å². The lowest BCUT2D eigenvalue weighted by atomic mass is 9.76. The summed E-state index contributed by atoms with van der Waals surface area (Å²) >= 11 is 6.26.